The summed E-state index contributed by atoms with van der Waals surface area (Å²) in [5, 5.41) is 6.28. The van der Waals surface area contributed by atoms with Crippen molar-refractivity contribution in [3.63, 3.8) is 0 Å². The maximum atomic E-state index is 13.6. The van der Waals surface area contributed by atoms with Crippen LogP contribution in [0.1, 0.15) is 40.6 Å². The molecule has 1 aliphatic rings. The molecular formula is C20H19FN4O3. The van der Waals surface area contributed by atoms with Crippen LogP contribution in [0.4, 0.5) is 14.9 Å². The molecule has 0 aliphatic heterocycles. The van der Waals surface area contributed by atoms with Gasteiger partial charge in [-0.15, -0.1) is 0 Å². The van der Waals surface area contributed by atoms with Crippen molar-refractivity contribution in [3.8, 4) is 0 Å². The molecule has 4 rings (SSSR count). The number of nitrogens with two attached hydrogens (primary N) is 1. The smallest absolute Gasteiger partial charge is 0.319 e. The molecule has 0 spiro atoms. The predicted octanol–water partition coefficient (Wildman–Crippen LogP) is 3.65. The van der Waals surface area contributed by atoms with E-state index in [1.807, 2.05) is 6.92 Å². The van der Waals surface area contributed by atoms with E-state index in [1.54, 1.807) is 6.07 Å². The number of carbonyl (C=O) groups excluding carboxylic acids is 2. The van der Waals surface area contributed by atoms with Gasteiger partial charge in [-0.1, -0.05) is 0 Å². The third-order valence-corrected chi connectivity index (χ3v) is 4.88. The van der Waals surface area contributed by atoms with Crippen molar-refractivity contribution in [2.45, 2.75) is 25.8 Å². The molecule has 2 aromatic heterocycles. The first-order valence-electron chi connectivity index (χ1n) is 8.93. The Balaban J connectivity index is 1.56. The zero-order chi connectivity index (χ0) is 19.8. The number of fused-ring (bicyclic) bond motifs is 1. The Morgan fingerprint density at radius 2 is 2.07 bits per heavy atom. The lowest BCUT2D eigenvalue weighted by Crippen LogP contribution is -2.34. The summed E-state index contributed by atoms with van der Waals surface area (Å²) in [6.07, 6.45) is 4.69. The number of nitrogens with one attached hydrogen (secondary N) is 2. The van der Waals surface area contributed by atoms with Crippen LogP contribution in [0.3, 0.4) is 0 Å². The number of carbonyl (C=O) groups is 2. The first-order chi connectivity index (χ1) is 13.4. The molecule has 2 heterocycles. The number of furan rings is 1. The Morgan fingerprint density at radius 3 is 2.79 bits per heavy atom. The standard InChI is InChI=1S/C20H19FN4O3/c1-10-15-7-13(21)4-5-16(15)28-18(10)17(11-2-3-11)25-20(27)24-14-6-12(19(22)26)8-23-9-14/h4-9,11,17H,2-3H2,1H3,(H2,22,26)(H2,24,25,27)/t17-/m1/s1. The Bertz CT molecular complexity index is 1070. The monoisotopic (exact) mass is 382 g/mol. The molecule has 1 aromatic carbocycles. The van der Waals surface area contributed by atoms with Crippen LogP contribution in [-0.4, -0.2) is 16.9 Å². The van der Waals surface area contributed by atoms with Gasteiger partial charge in [-0.25, -0.2) is 9.18 Å². The number of hydrogen-bond acceptors (Lipinski definition) is 4. The van der Waals surface area contributed by atoms with Gasteiger partial charge in [-0.3, -0.25) is 9.78 Å². The molecule has 0 saturated heterocycles. The van der Waals surface area contributed by atoms with Crippen LogP contribution in [-0.2, 0) is 0 Å². The summed E-state index contributed by atoms with van der Waals surface area (Å²) in [4.78, 5) is 27.7. The topological polar surface area (TPSA) is 110 Å². The Kier molecular flexibility index (Phi) is 4.46. The molecule has 1 atom stereocenters. The molecule has 144 valence electrons. The molecule has 0 radical (unpaired) electrons. The minimum atomic E-state index is -0.627. The summed E-state index contributed by atoms with van der Waals surface area (Å²) < 4.78 is 19.5. The minimum Gasteiger partial charge on any atom is -0.459 e. The summed E-state index contributed by atoms with van der Waals surface area (Å²) in [6.45, 7) is 1.86. The summed E-state index contributed by atoms with van der Waals surface area (Å²) in [6, 6.07) is 5.04. The van der Waals surface area contributed by atoms with E-state index >= 15 is 0 Å². The number of primary amides is 1. The lowest BCUT2D eigenvalue weighted by molar-refractivity contribution is 0.1000. The fourth-order valence-corrected chi connectivity index (χ4v) is 3.29. The number of aromatic nitrogens is 1. The second-order valence-electron chi connectivity index (χ2n) is 6.97. The van der Waals surface area contributed by atoms with Gasteiger partial charge < -0.3 is 20.8 Å². The molecule has 1 fully saturated rings. The van der Waals surface area contributed by atoms with Gasteiger partial charge in [0.05, 0.1) is 23.5 Å². The molecule has 8 heteroatoms. The van der Waals surface area contributed by atoms with Gasteiger partial charge >= 0.3 is 6.03 Å². The zero-order valence-electron chi connectivity index (χ0n) is 15.2. The Morgan fingerprint density at radius 1 is 1.29 bits per heavy atom. The predicted molar refractivity (Wildman–Crippen MR) is 101 cm³/mol. The highest BCUT2D eigenvalue weighted by atomic mass is 19.1. The van der Waals surface area contributed by atoms with Crippen LogP contribution < -0.4 is 16.4 Å². The van der Waals surface area contributed by atoms with Gasteiger partial charge in [0.15, 0.2) is 0 Å². The van der Waals surface area contributed by atoms with E-state index in [-0.39, 0.29) is 23.3 Å². The van der Waals surface area contributed by atoms with E-state index in [2.05, 4.69) is 15.6 Å². The van der Waals surface area contributed by atoms with Crippen molar-refractivity contribution >= 4 is 28.6 Å². The number of rotatable bonds is 5. The maximum absolute atomic E-state index is 13.6. The highest BCUT2D eigenvalue weighted by Gasteiger charge is 2.37. The van der Waals surface area contributed by atoms with Crippen molar-refractivity contribution < 1.29 is 18.4 Å². The molecule has 0 unspecified atom stereocenters. The van der Waals surface area contributed by atoms with Gasteiger partial charge in [0.1, 0.15) is 17.2 Å². The summed E-state index contributed by atoms with van der Waals surface area (Å²) in [7, 11) is 0. The van der Waals surface area contributed by atoms with E-state index in [9.17, 15) is 14.0 Å². The van der Waals surface area contributed by atoms with Crippen LogP contribution in [0.5, 0.6) is 0 Å². The van der Waals surface area contributed by atoms with Gasteiger partial charge in [0.25, 0.3) is 0 Å². The van der Waals surface area contributed by atoms with E-state index < -0.39 is 11.9 Å². The first kappa shape index (κ1) is 18.0. The molecule has 1 aliphatic carbocycles. The van der Waals surface area contributed by atoms with Crippen molar-refractivity contribution in [1.29, 1.82) is 0 Å². The summed E-state index contributed by atoms with van der Waals surface area (Å²) in [5.41, 5.74) is 7.18. The molecule has 28 heavy (non-hydrogen) atoms. The maximum Gasteiger partial charge on any atom is 0.319 e. The second kappa shape index (κ2) is 6.95. The number of benzene rings is 1. The van der Waals surface area contributed by atoms with Gasteiger partial charge in [-0.05, 0) is 49.9 Å². The number of urea groups is 1. The molecule has 3 amide bonds. The molecule has 3 aromatic rings. The van der Waals surface area contributed by atoms with Crippen molar-refractivity contribution in [3.05, 3.63) is 59.4 Å². The van der Waals surface area contributed by atoms with Crippen LogP contribution in [0.15, 0.2) is 41.1 Å². The third-order valence-electron chi connectivity index (χ3n) is 4.88. The zero-order valence-corrected chi connectivity index (χ0v) is 15.2. The molecule has 0 bridgehead atoms. The normalized spacial score (nSPS) is 14.6. The van der Waals surface area contributed by atoms with E-state index in [1.165, 1.54) is 30.6 Å². The number of pyridine rings is 1. The van der Waals surface area contributed by atoms with Gasteiger partial charge in [-0.2, -0.15) is 0 Å². The SMILES string of the molecule is Cc1c([C@H](NC(=O)Nc2cncc(C(N)=O)c2)C2CC2)oc2ccc(F)cc12. The number of nitrogens with zero attached hydrogens (tertiary/aromatic N) is 1. The largest absolute Gasteiger partial charge is 0.459 e. The molecule has 4 N–H and O–H groups in total. The van der Waals surface area contributed by atoms with E-state index in [0.29, 0.717) is 22.4 Å². The second-order valence-corrected chi connectivity index (χ2v) is 6.97. The molecular weight excluding hydrogens is 363 g/mol. The Hall–Kier alpha value is -3.42. The fraction of sp³-hybridized carbons (Fsp3) is 0.250. The molecule has 7 nitrogen and oxygen atoms in total. The third kappa shape index (κ3) is 3.53. The summed E-state index contributed by atoms with van der Waals surface area (Å²) in [5.74, 6) is -0.0804. The lowest BCUT2D eigenvalue weighted by Gasteiger charge is -2.17. The van der Waals surface area contributed by atoms with Crippen LogP contribution in [0.25, 0.3) is 11.0 Å². The lowest BCUT2D eigenvalue weighted by atomic mass is 10.0. The summed E-state index contributed by atoms with van der Waals surface area (Å²) >= 11 is 0. The van der Waals surface area contributed by atoms with Gasteiger partial charge in [0.2, 0.25) is 5.91 Å². The highest BCUT2D eigenvalue weighted by Crippen LogP contribution is 2.44. The number of aryl methyl sites for hydroxylation is 1. The minimum absolute atomic E-state index is 0.201. The van der Waals surface area contributed by atoms with Crippen molar-refractivity contribution in [2.24, 2.45) is 11.7 Å². The van der Waals surface area contributed by atoms with Crippen LogP contribution >= 0.6 is 0 Å². The quantitative estimate of drug-likeness (QED) is 0.625. The Labute approximate surface area is 160 Å². The van der Waals surface area contributed by atoms with Crippen molar-refractivity contribution in [1.82, 2.24) is 10.3 Å². The van der Waals surface area contributed by atoms with Crippen LogP contribution in [0.2, 0.25) is 0 Å². The average molecular weight is 382 g/mol. The van der Waals surface area contributed by atoms with E-state index in [0.717, 1.165) is 18.4 Å². The number of amides is 3. The first-order valence-corrected chi connectivity index (χ1v) is 8.93. The fourth-order valence-electron chi connectivity index (χ4n) is 3.29. The van der Waals surface area contributed by atoms with E-state index in [4.69, 9.17) is 10.2 Å². The number of anilines is 1. The molecule has 1 saturated carbocycles. The highest BCUT2D eigenvalue weighted by molar-refractivity contribution is 5.95. The van der Waals surface area contributed by atoms with Crippen molar-refractivity contribution in [2.75, 3.05) is 5.32 Å². The number of hydrogen-bond donors (Lipinski definition) is 3. The number of halogens is 1. The average Bonchev–Trinajstić information content (AvgIpc) is 3.45. The van der Waals surface area contributed by atoms with Gasteiger partial charge in [0, 0.05) is 17.1 Å². The van der Waals surface area contributed by atoms with Crippen LogP contribution in [0, 0.1) is 18.7 Å².